The molecular weight excluding hydrogens is 277 g/mol. The summed E-state index contributed by atoms with van der Waals surface area (Å²) >= 11 is 12.3. The van der Waals surface area contributed by atoms with Gasteiger partial charge in [0, 0.05) is 21.7 Å². The van der Waals surface area contributed by atoms with E-state index >= 15 is 0 Å². The molecule has 2 aromatic carbocycles. The Morgan fingerprint density at radius 2 is 1.53 bits per heavy atom. The van der Waals surface area contributed by atoms with Crippen molar-refractivity contribution in [1.29, 1.82) is 0 Å². The van der Waals surface area contributed by atoms with Crippen LogP contribution in [0.4, 0.5) is 0 Å². The summed E-state index contributed by atoms with van der Waals surface area (Å²) in [6, 6.07) is 15.8. The van der Waals surface area contributed by atoms with Gasteiger partial charge in [-0.2, -0.15) is 0 Å². The molecule has 1 atom stereocenters. The van der Waals surface area contributed by atoms with Crippen molar-refractivity contribution < 1.29 is 0 Å². The molecule has 19 heavy (non-hydrogen) atoms. The van der Waals surface area contributed by atoms with Crippen LogP contribution in [-0.2, 0) is 6.42 Å². The molecule has 0 spiro atoms. The van der Waals surface area contributed by atoms with E-state index in [1.165, 1.54) is 5.56 Å². The zero-order valence-corrected chi connectivity index (χ0v) is 12.2. The Labute approximate surface area is 124 Å². The third-order valence-corrected chi connectivity index (χ3v) is 3.85. The summed E-state index contributed by atoms with van der Waals surface area (Å²) in [5.74, 6) is 0. The fraction of sp³-hybridized carbons (Fsp3) is 0.250. The van der Waals surface area contributed by atoms with Crippen LogP contribution in [0.15, 0.2) is 48.5 Å². The minimum atomic E-state index is -0.107. The van der Waals surface area contributed by atoms with Gasteiger partial charge in [0.05, 0.1) is 0 Å². The molecule has 0 bridgehead atoms. The average molecular weight is 294 g/mol. The van der Waals surface area contributed by atoms with Crippen molar-refractivity contribution in [3.63, 3.8) is 0 Å². The van der Waals surface area contributed by atoms with E-state index in [1.807, 2.05) is 24.3 Å². The van der Waals surface area contributed by atoms with Crippen molar-refractivity contribution in [2.24, 2.45) is 5.73 Å². The molecule has 0 aromatic heterocycles. The van der Waals surface area contributed by atoms with E-state index in [-0.39, 0.29) is 6.04 Å². The Balaban J connectivity index is 1.93. The van der Waals surface area contributed by atoms with Crippen LogP contribution in [0.25, 0.3) is 0 Å². The Bertz CT molecular complexity index is 505. The lowest BCUT2D eigenvalue weighted by atomic mass is 9.99. The number of nitrogens with two attached hydrogens (primary N) is 1. The van der Waals surface area contributed by atoms with Gasteiger partial charge in [0.2, 0.25) is 0 Å². The third kappa shape index (κ3) is 3.97. The molecule has 1 nitrogen and oxygen atoms in total. The van der Waals surface area contributed by atoms with Crippen molar-refractivity contribution in [2.75, 3.05) is 0 Å². The monoisotopic (exact) mass is 293 g/mol. The molecule has 0 saturated carbocycles. The van der Waals surface area contributed by atoms with Gasteiger partial charge in [-0.05, 0) is 37.0 Å². The summed E-state index contributed by atoms with van der Waals surface area (Å²) in [6.45, 7) is 0. The molecule has 3 heteroatoms. The number of aryl methyl sites for hydroxylation is 1. The van der Waals surface area contributed by atoms with E-state index in [9.17, 15) is 0 Å². The van der Waals surface area contributed by atoms with Gasteiger partial charge in [-0.15, -0.1) is 0 Å². The maximum Gasteiger partial charge on any atom is 0.0468 e. The fourth-order valence-corrected chi connectivity index (χ4v) is 2.86. The van der Waals surface area contributed by atoms with Crippen LogP contribution in [0.1, 0.15) is 30.0 Å². The fourth-order valence-electron chi connectivity index (χ4n) is 2.18. The van der Waals surface area contributed by atoms with Gasteiger partial charge in [0.25, 0.3) is 0 Å². The molecule has 0 aliphatic carbocycles. The first kappa shape index (κ1) is 14.4. The van der Waals surface area contributed by atoms with Crippen molar-refractivity contribution in [1.82, 2.24) is 0 Å². The van der Waals surface area contributed by atoms with Crippen LogP contribution in [-0.4, -0.2) is 0 Å². The lowest BCUT2D eigenvalue weighted by Crippen LogP contribution is -2.11. The predicted molar refractivity (Wildman–Crippen MR) is 82.8 cm³/mol. The maximum absolute atomic E-state index is 6.19. The molecule has 1 unspecified atom stereocenters. The van der Waals surface area contributed by atoms with Crippen molar-refractivity contribution in [3.8, 4) is 0 Å². The topological polar surface area (TPSA) is 26.0 Å². The van der Waals surface area contributed by atoms with Gasteiger partial charge in [0.15, 0.2) is 0 Å². The molecule has 0 saturated heterocycles. The lowest BCUT2D eigenvalue weighted by molar-refractivity contribution is 0.612. The van der Waals surface area contributed by atoms with Gasteiger partial charge < -0.3 is 5.73 Å². The molecule has 100 valence electrons. The number of hydrogen-bond donors (Lipinski definition) is 1. The van der Waals surface area contributed by atoms with Crippen LogP contribution in [0.5, 0.6) is 0 Å². The molecular formula is C16H17Cl2N. The standard InChI is InChI=1S/C16H17Cl2N/c17-13-9-5-10-14(18)16(13)15(19)11-4-8-12-6-2-1-3-7-12/h1-3,5-7,9-10,15H,4,8,11,19H2. The van der Waals surface area contributed by atoms with E-state index in [0.29, 0.717) is 10.0 Å². The second-order valence-electron chi connectivity index (χ2n) is 4.62. The maximum atomic E-state index is 6.19. The summed E-state index contributed by atoms with van der Waals surface area (Å²) in [5.41, 5.74) is 8.39. The van der Waals surface area contributed by atoms with Gasteiger partial charge in [0.1, 0.15) is 0 Å². The molecule has 2 aromatic rings. The van der Waals surface area contributed by atoms with Gasteiger partial charge >= 0.3 is 0 Å². The number of rotatable bonds is 5. The highest BCUT2D eigenvalue weighted by Crippen LogP contribution is 2.31. The Kier molecular flexibility index (Phi) is 5.26. The molecule has 2 N–H and O–H groups in total. The first-order chi connectivity index (χ1) is 9.18. The van der Waals surface area contributed by atoms with Crippen LogP contribution in [0.3, 0.4) is 0 Å². The Morgan fingerprint density at radius 3 is 2.16 bits per heavy atom. The zero-order valence-electron chi connectivity index (χ0n) is 10.7. The third-order valence-electron chi connectivity index (χ3n) is 3.19. The number of hydrogen-bond acceptors (Lipinski definition) is 1. The molecule has 0 amide bonds. The van der Waals surface area contributed by atoms with E-state index in [2.05, 4.69) is 24.3 Å². The predicted octanol–water partition coefficient (Wildman–Crippen LogP) is 5.02. The molecule has 2 rings (SSSR count). The highest BCUT2D eigenvalue weighted by Gasteiger charge is 2.13. The number of halogens is 2. The molecule has 0 aliphatic heterocycles. The molecule has 0 radical (unpaired) electrons. The van der Waals surface area contributed by atoms with Crippen LogP contribution in [0, 0.1) is 0 Å². The largest absolute Gasteiger partial charge is 0.324 e. The van der Waals surface area contributed by atoms with Crippen molar-refractivity contribution in [2.45, 2.75) is 25.3 Å². The summed E-state index contributed by atoms with van der Waals surface area (Å²) in [7, 11) is 0. The van der Waals surface area contributed by atoms with Crippen LogP contribution >= 0.6 is 23.2 Å². The van der Waals surface area contributed by atoms with Gasteiger partial charge in [-0.1, -0.05) is 59.6 Å². The SMILES string of the molecule is NC(CCCc1ccccc1)c1c(Cl)cccc1Cl. The summed E-state index contributed by atoms with van der Waals surface area (Å²) in [6.07, 6.45) is 2.92. The van der Waals surface area contributed by atoms with Crippen molar-refractivity contribution >= 4 is 23.2 Å². The van der Waals surface area contributed by atoms with Crippen LogP contribution in [0.2, 0.25) is 10.0 Å². The van der Waals surface area contributed by atoms with Crippen LogP contribution < -0.4 is 5.73 Å². The summed E-state index contributed by atoms with van der Waals surface area (Å²) in [5, 5.41) is 1.31. The summed E-state index contributed by atoms with van der Waals surface area (Å²) in [4.78, 5) is 0. The average Bonchev–Trinajstić information content (AvgIpc) is 2.40. The number of benzene rings is 2. The Morgan fingerprint density at radius 1 is 0.895 bits per heavy atom. The van der Waals surface area contributed by atoms with E-state index in [4.69, 9.17) is 28.9 Å². The molecule has 0 aliphatic rings. The molecule has 0 fully saturated rings. The van der Waals surface area contributed by atoms with E-state index in [0.717, 1.165) is 24.8 Å². The molecule has 0 heterocycles. The normalized spacial score (nSPS) is 12.4. The first-order valence-electron chi connectivity index (χ1n) is 6.42. The second-order valence-corrected chi connectivity index (χ2v) is 5.43. The van der Waals surface area contributed by atoms with Gasteiger partial charge in [-0.3, -0.25) is 0 Å². The van der Waals surface area contributed by atoms with Gasteiger partial charge in [-0.25, -0.2) is 0 Å². The van der Waals surface area contributed by atoms with E-state index < -0.39 is 0 Å². The van der Waals surface area contributed by atoms with Crippen molar-refractivity contribution in [3.05, 3.63) is 69.7 Å². The second kappa shape index (κ2) is 6.95. The van der Waals surface area contributed by atoms with E-state index in [1.54, 1.807) is 0 Å². The minimum Gasteiger partial charge on any atom is -0.324 e. The quantitative estimate of drug-likeness (QED) is 0.823. The first-order valence-corrected chi connectivity index (χ1v) is 7.17. The minimum absolute atomic E-state index is 0.107. The zero-order chi connectivity index (χ0) is 13.7. The lowest BCUT2D eigenvalue weighted by Gasteiger charge is -2.15. The highest BCUT2D eigenvalue weighted by atomic mass is 35.5. The smallest absolute Gasteiger partial charge is 0.0468 e. The highest BCUT2D eigenvalue weighted by molar-refractivity contribution is 6.36. The summed E-state index contributed by atoms with van der Waals surface area (Å²) < 4.78 is 0. The Hall–Kier alpha value is -1.02.